The molecule has 1 aliphatic carbocycles. The maximum Gasteiger partial charge on any atom is 0.311 e. The van der Waals surface area contributed by atoms with Gasteiger partial charge in [-0.25, -0.2) is 0 Å². The topological polar surface area (TPSA) is 77.3 Å². The summed E-state index contributed by atoms with van der Waals surface area (Å²) in [7, 11) is 1.49. The number of methoxy groups -OCH3 is 1. The summed E-state index contributed by atoms with van der Waals surface area (Å²) >= 11 is 0. The molecule has 0 amide bonds. The van der Waals surface area contributed by atoms with E-state index >= 15 is 0 Å². The summed E-state index contributed by atoms with van der Waals surface area (Å²) in [5.41, 5.74) is -0.00574. The Hall–Kier alpha value is -1.85. The zero-order chi connectivity index (χ0) is 13.0. The Kier molecular flexibility index (Phi) is 3.96. The lowest BCUT2D eigenvalue weighted by Gasteiger charge is -2.11. The number of rotatable bonds is 5. The van der Waals surface area contributed by atoms with Crippen molar-refractivity contribution in [2.45, 2.75) is 25.7 Å². The van der Waals surface area contributed by atoms with Gasteiger partial charge in [-0.3, -0.25) is 10.1 Å². The van der Waals surface area contributed by atoms with E-state index < -0.39 is 4.92 Å². The Morgan fingerprint density at radius 3 is 2.83 bits per heavy atom. The van der Waals surface area contributed by atoms with E-state index in [-0.39, 0.29) is 5.69 Å². The van der Waals surface area contributed by atoms with Crippen molar-refractivity contribution >= 4 is 11.5 Å². The Morgan fingerprint density at radius 1 is 1.50 bits per heavy atom. The predicted molar refractivity (Wildman–Crippen MR) is 67.9 cm³/mol. The molecule has 6 nitrogen and oxygen atoms in total. The first-order valence-electron chi connectivity index (χ1n) is 6.14. The molecular formula is C12H17N3O3. The van der Waals surface area contributed by atoms with Crippen LogP contribution in [0.4, 0.5) is 11.5 Å². The molecule has 0 spiro atoms. The third-order valence-electron chi connectivity index (χ3n) is 3.29. The second kappa shape index (κ2) is 5.66. The van der Waals surface area contributed by atoms with E-state index in [1.54, 1.807) is 0 Å². The van der Waals surface area contributed by atoms with E-state index in [1.165, 1.54) is 44.9 Å². The minimum absolute atomic E-state index is 0.00574. The number of nitro groups is 1. The van der Waals surface area contributed by atoms with Crippen molar-refractivity contribution in [2.75, 3.05) is 19.0 Å². The van der Waals surface area contributed by atoms with Crippen LogP contribution < -0.4 is 10.1 Å². The molecule has 18 heavy (non-hydrogen) atoms. The molecular weight excluding hydrogens is 234 g/mol. The monoisotopic (exact) mass is 251 g/mol. The van der Waals surface area contributed by atoms with E-state index in [1.807, 2.05) is 0 Å². The van der Waals surface area contributed by atoms with Gasteiger partial charge < -0.3 is 10.1 Å². The summed E-state index contributed by atoms with van der Waals surface area (Å²) in [6.07, 6.45) is 4.87. The largest absolute Gasteiger partial charge is 0.481 e. The van der Waals surface area contributed by atoms with Crippen LogP contribution in [0.5, 0.6) is 5.88 Å². The number of pyridine rings is 1. The molecule has 0 atom stereocenters. The summed E-state index contributed by atoms with van der Waals surface area (Å²) in [4.78, 5) is 14.6. The molecule has 1 N–H and O–H groups in total. The smallest absolute Gasteiger partial charge is 0.311 e. The van der Waals surface area contributed by atoms with Gasteiger partial charge in [-0.2, -0.15) is 4.98 Å². The maximum atomic E-state index is 10.9. The molecule has 1 saturated carbocycles. The molecule has 0 unspecified atom stereocenters. The lowest BCUT2D eigenvalue weighted by molar-refractivity contribution is -0.384. The summed E-state index contributed by atoms with van der Waals surface area (Å²) in [6.45, 7) is 0.737. The molecule has 2 rings (SSSR count). The van der Waals surface area contributed by atoms with Crippen molar-refractivity contribution < 1.29 is 9.66 Å². The molecule has 1 fully saturated rings. The van der Waals surface area contributed by atoms with Crippen LogP contribution in [0, 0.1) is 16.0 Å². The van der Waals surface area contributed by atoms with E-state index in [2.05, 4.69) is 10.3 Å². The van der Waals surface area contributed by atoms with Gasteiger partial charge in [0.25, 0.3) is 0 Å². The quantitative estimate of drug-likeness (QED) is 0.643. The van der Waals surface area contributed by atoms with E-state index in [0.717, 1.165) is 6.54 Å². The van der Waals surface area contributed by atoms with Crippen molar-refractivity contribution in [1.29, 1.82) is 0 Å². The molecule has 0 aliphatic heterocycles. The van der Waals surface area contributed by atoms with Crippen molar-refractivity contribution in [3.8, 4) is 5.88 Å². The number of hydrogen-bond donors (Lipinski definition) is 1. The van der Waals surface area contributed by atoms with Gasteiger partial charge in [-0.15, -0.1) is 0 Å². The number of ether oxygens (including phenoxy) is 1. The highest BCUT2D eigenvalue weighted by atomic mass is 16.6. The highest BCUT2D eigenvalue weighted by molar-refractivity contribution is 5.57. The van der Waals surface area contributed by atoms with Gasteiger partial charge >= 0.3 is 5.69 Å². The van der Waals surface area contributed by atoms with Gasteiger partial charge in [0.15, 0.2) is 0 Å². The average molecular weight is 251 g/mol. The molecule has 0 radical (unpaired) electrons. The maximum absolute atomic E-state index is 10.9. The van der Waals surface area contributed by atoms with Crippen molar-refractivity contribution in [3.63, 3.8) is 0 Å². The van der Waals surface area contributed by atoms with Gasteiger partial charge in [0, 0.05) is 18.7 Å². The lowest BCUT2D eigenvalue weighted by atomic mass is 10.1. The van der Waals surface area contributed by atoms with Gasteiger partial charge in [0.2, 0.25) is 11.7 Å². The summed E-state index contributed by atoms with van der Waals surface area (Å²) < 4.78 is 4.99. The normalized spacial score (nSPS) is 15.6. The fourth-order valence-corrected chi connectivity index (χ4v) is 2.28. The van der Waals surface area contributed by atoms with Gasteiger partial charge in [0.1, 0.15) is 0 Å². The third kappa shape index (κ3) is 2.88. The first kappa shape index (κ1) is 12.6. The number of anilines is 1. The molecule has 6 heteroatoms. The molecule has 0 aromatic carbocycles. The minimum atomic E-state index is -0.427. The standard InChI is InChI=1S/C12H17N3O3/c1-18-11-7-6-10(15(16)17)12(14-11)13-8-9-4-2-3-5-9/h6-7,9H,2-5,8H2,1H3,(H,13,14). The zero-order valence-corrected chi connectivity index (χ0v) is 10.4. The Morgan fingerprint density at radius 2 is 2.22 bits per heavy atom. The minimum Gasteiger partial charge on any atom is -0.481 e. The van der Waals surface area contributed by atoms with Crippen LogP contribution in [0.15, 0.2) is 12.1 Å². The summed E-state index contributed by atoms with van der Waals surface area (Å²) in [6, 6.07) is 2.92. The first-order chi connectivity index (χ1) is 8.70. The van der Waals surface area contributed by atoms with Crippen LogP contribution in [-0.4, -0.2) is 23.6 Å². The molecule has 98 valence electrons. The fourth-order valence-electron chi connectivity index (χ4n) is 2.28. The van der Waals surface area contributed by atoms with Gasteiger partial charge in [0.05, 0.1) is 12.0 Å². The van der Waals surface area contributed by atoms with E-state index in [0.29, 0.717) is 17.6 Å². The SMILES string of the molecule is COc1ccc([N+](=O)[O-])c(NCC2CCCC2)n1. The first-order valence-corrected chi connectivity index (χ1v) is 6.14. The highest BCUT2D eigenvalue weighted by Crippen LogP contribution is 2.28. The number of hydrogen-bond acceptors (Lipinski definition) is 5. The Balaban J connectivity index is 2.10. The average Bonchev–Trinajstić information content (AvgIpc) is 2.88. The van der Waals surface area contributed by atoms with Crippen LogP contribution in [0.25, 0.3) is 0 Å². The number of nitrogens with one attached hydrogen (secondary N) is 1. The fraction of sp³-hybridized carbons (Fsp3) is 0.583. The molecule has 1 aliphatic rings. The predicted octanol–water partition coefficient (Wildman–Crippen LogP) is 2.60. The second-order valence-corrected chi connectivity index (χ2v) is 4.51. The van der Waals surface area contributed by atoms with Crippen LogP contribution in [0.3, 0.4) is 0 Å². The summed E-state index contributed by atoms with van der Waals surface area (Å²) in [5.74, 6) is 1.28. The van der Waals surface area contributed by atoms with Crippen molar-refractivity contribution in [3.05, 3.63) is 22.2 Å². The van der Waals surface area contributed by atoms with Gasteiger partial charge in [-0.05, 0) is 18.8 Å². The molecule has 0 bridgehead atoms. The molecule has 1 aromatic rings. The molecule has 1 aromatic heterocycles. The van der Waals surface area contributed by atoms with E-state index in [4.69, 9.17) is 4.74 Å². The number of aromatic nitrogens is 1. The van der Waals surface area contributed by atoms with Crippen LogP contribution in [0.1, 0.15) is 25.7 Å². The lowest BCUT2D eigenvalue weighted by Crippen LogP contribution is -2.13. The molecule has 1 heterocycles. The second-order valence-electron chi connectivity index (χ2n) is 4.51. The zero-order valence-electron chi connectivity index (χ0n) is 10.4. The van der Waals surface area contributed by atoms with E-state index in [9.17, 15) is 10.1 Å². The van der Waals surface area contributed by atoms with Gasteiger partial charge in [-0.1, -0.05) is 12.8 Å². The van der Waals surface area contributed by atoms with Crippen LogP contribution in [0.2, 0.25) is 0 Å². The Bertz CT molecular complexity index is 431. The van der Waals surface area contributed by atoms with Crippen molar-refractivity contribution in [1.82, 2.24) is 4.98 Å². The number of nitrogens with zero attached hydrogens (tertiary/aromatic N) is 2. The van der Waals surface area contributed by atoms with Crippen LogP contribution >= 0.6 is 0 Å². The summed E-state index contributed by atoms with van der Waals surface area (Å²) in [5, 5.41) is 14.0. The van der Waals surface area contributed by atoms with Crippen LogP contribution in [-0.2, 0) is 0 Å². The van der Waals surface area contributed by atoms with Crippen molar-refractivity contribution in [2.24, 2.45) is 5.92 Å². The highest BCUT2D eigenvalue weighted by Gasteiger charge is 2.19. The molecule has 0 saturated heterocycles. The third-order valence-corrected chi connectivity index (χ3v) is 3.29. The Labute approximate surface area is 106 Å².